The molecule has 0 N–H and O–H groups in total. The Hall–Kier alpha value is 0.0249. The van der Waals surface area contributed by atoms with Gasteiger partial charge in [0.05, 0.1) is 7.85 Å². The SMILES string of the molecule is [B]C12CN(C)CC1CC2(C)C. The van der Waals surface area contributed by atoms with E-state index < -0.39 is 0 Å². The predicted molar refractivity (Wildman–Crippen MR) is 47.8 cm³/mol. The maximum absolute atomic E-state index is 6.33. The summed E-state index contributed by atoms with van der Waals surface area (Å²) < 4.78 is 0. The molecule has 1 saturated heterocycles. The van der Waals surface area contributed by atoms with E-state index in [0.29, 0.717) is 5.41 Å². The van der Waals surface area contributed by atoms with Crippen LogP contribution in [0.4, 0.5) is 0 Å². The first-order valence-corrected chi connectivity index (χ1v) is 4.43. The summed E-state index contributed by atoms with van der Waals surface area (Å²) in [6.07, 6.45) is 1.31. The summed E-state index contributed by atoms with van der Waals surface area (Å²) in [7, 11) is 8.50. The number of hydrogen-bond donors (Lipinski definition) is 0. The van der Waals surface area contributed by atoms with Crippen molar-refractivity contribution in [1.82, 2.24) is 4.90 Å². The van der Waals surface area contributed by atoms with Gasteiger partial charge in [-0.05, 0) is 36.7 Å². The van der Waals surface area contributed by atoms with E-state index in [0.717, 1.165) is 12.5 Å². The third-order valence-electron chi connectivity index (χ3n) is 3.81. The highest BCUT2D eigenvalue weighted by molar-refractivity contribution is 6.17. The predicted octanol–water partition coefficient (Wildman–Crippen LogP) is 1.31. The molecule has 2 rings (SSSR count). The van der Waals surface area contributed by atoms with Crippen LogP contribution in [0.1, 0.15) is 20.3 Å². The minimum atomic E-state index is 0.127. The van der Waals surface area contributed by atoms with E-state index in [2.05, 4.69) is 25.8 Å². The smallest absolute Gasteiger partial charge is 0.0775 e. The van der Waals surface area contributed by atoms with Gasteiger partial charge in [-0.3, -0.25) is 0 Å². The molecule has 2 aliphatic rings. The van der Waals surface area contributed by atoms with Gasteiger partial charge in [0.2, 0.25) is 0 Å². The number of fused-ring (bicyclic) bond motifs is 1. The molecule has 2 heteroatoms. The molecular formula is C9H16BN. The van der Waals surface area contributed by atoms with Crippen molar-refractivity contribution in [3.8, 4) is 0 Å². The topological polar surface area (TPSA) is 3.24 Å². The monoisotopic (exact) mass is 149 g/mol. The van der Waals surface area contributed by atoms with Gasteiger partial charge in [-0.1, -0.05) is 13.8 Å². The van der Waals surface area contributed by atoms with Gasteiger partial charge in [0.1, 0.15) is 0 Å². The fraction of sp³-hybridized carbons (Fsp3) is 1.00. The zero-order valence-corrected chi connectivity index (χ0v) is 7.72. The minimum Gasteiger partial charge on any atom is -0.306 e. The van der Waals surface area contributed by atoms with E-state index in [9.17, 15) is 0 Å². The number of rotatable bonds is 0. The van der Waals surface area contributed by atoms with Crippen LogP contribution < -0.4 is 0 Å². The fourth-order valence-corrected chi connectivity index (χ4v) is 2.87. The maximum atomic E-state index is 6.33. The van der Waals surface area contributed by atoms with Crippen molar-refractivity contribution in [2.75, 3.05) is 20.1 Å². The van der Waals surface area contributed by atoms with Crippen LogP contribution in [0.15, 0.2) is 0 Å². The van der Waals surface area contributed by atoms with Gasteiger partial charge in [0.15, 0.2) is 0 Å². The summed E-state index contributed by atoms with van der Waals surface area (Å²) >= 11 is 0. The Morgan fingerprint density at radius 2 is 2.09 bits per heavy atom. The van der Waals surface area contributed by atoms with E-state index in [-0.39, 0.29) is 5.31 Å². The second-order valence-corrected chi connectivity index (χ2v) is 5.02. The van der Waals surface area contributed by atoms with Crippen molar-refractivity contribution in [3.05, 3.63) is 0 Å². The lowest BCUT2D eigenvalue weighted by atomic mass is 9.38. The molecule has 0 aromatic rings. The Kier molecular flexibility index (Phi) is 1.29. The van der Waals surface area contributed by atoms with Gasteiger partial charge in [-0.2, -0.15) is 0 Å². The van der Waals surface area contributed by atoms with Crippen molar-refractivity contribution in [2.45, 2.75) is 25.6 Å². The molecule has 2 unspecified atom stereocenters. The van der Waals surface area contributed by atoms with Crippen molar-refractivity contribution in [1.29, 1.82) is 0 Å². The van der Waals surface area contributed by atoms with Crippen LogP contribution in [-0.2, 0) is 0 Å². The van der Waals surface area contributed by atoms with Crippen LogP contribution in [0.3, 0.4) is 0 Å². The van der Waals surface area contributed by atoms with Gasteiger partial charge < -0.3 is 4.90 Å². The summed E-state index contributed by atoms with van der Waals surface area (Å²) in [6, 6.07) is 0. The zero-order chi connectivity index (χ0) is 8.28. The van der Waals surface area contributed by atoms with Gasteiger partial charge in [-0.25, -0.2) is 0 Å². The molecule has 0 amide bonds. The lowest BCUT2D eigenvalue weighted by molar-refractivity contribution is 0.0484. The molecule has 0 aromatic carbocycles. The van der Waals surface area contributed by atoms with E-state index >= 15 is 0 Å². The molecule has 0 spiro atoms. The van der Waals surface area contributed by atoms with E-state index in [4.69, 9.17) is 7.85 Å². The van der Waals surface area contributed by atoms with Crippen molar-refractivity contribution < 1.29 is 0 Å². The number of likely N-dealkylation sites (tertiary alicyclic amines) is 1. The van der Waals surface area contributed by atoms with E-state index in [1.165, 1.54) is 13.0 Å². The first kappa shape index (κ1) is 7.66. The first-order chi connectivity index (χ1) is 4.96. The molecular weight excluding hydrogens is 133 g/mol. The van der Waals surface area contributed by atoms with E-state index in [1.807, 2.05) is 0 Å². The quantitative estimate of drug-likeness (QED) is 0.469. The minimum absolute atomic E-state index is 0.127. The summed E-state index contributed by atoms with van der Waals surface area (Å²) in [5.41, 5.74) is 0.377. The fourth-order valence-electron chi connectivity index (χ4n) is 2.87. The Bertz CT molecular complexity index is 190. The van der Waals surface area contributed by atoms with E-state index in [1.54, 1.807) is 0 Å². The van der Waals surface area contributed by atoms with Gasteiger partial charge in [0, 0.05) is 6.54 Å². The maximum Gasteiger partial charge on any atom is 0.0775 e. The third kappa shape index (κ3) is 0.766. The zero-order valence-electron chi connectivity index (χ0n) is 7.72. The van der Waals surface area contributed by atoms with Gasteiger partial charge in [0.25, 0.3) is 0 Å². The second-order valence-electron chi connectivity index (χ2n) is 5.02. The van der Waals surface area contributed by atoms with Crippen LogP contribution in [0, 0.1) is 11.3 Å². The van der Waals surface area contributed by atoms with Crippen LogP contribution in [0.25, 0.3) is 0 Å². The summed E-state index contributed by atoms with van der Waals surface area (Å²) in [6.45, 7) is 6.88. The third-order valence-corrected chi connectivity index (χ3v) is 3.81. The molecule has 1 heterocycles. The molecule has 2 atom stereocenters. The van der Waals surface area contributed by atoms with Gasteiger partial charge >= 0.3 is 0 Å². The Morgan fingerprint density at radius 1 is 1.45 bits per heavy atom. The highest BCUT2D eigenvalue weighted by Crippen LogP contribution is 2.66. The van der Waals surface area contributed by atoms with Crippen LogP contribution in [0.2, 0.25) is 5.31 Å². The Balaban J connectivity index is 2.21. The summed E-state index contributed by atoms with van der Waals surface area (Å²) in [5, 5.41) is 0.127. The van der Waals surface area contributed by atoms with Crippen LogP contribution in [-0.4, -0.2) is 32.9 Å². The van der Waals surface area contributed by atoms with Crippen LogP contribution >= 0.6 is 0 Å². The Labute approximate surface area is 70.6 Å². The van der Waals surface area contributed by atoms with Crippen LogP contribution in [0.5, 0.6) is 0 Å². The molecule has 1 aliphatic carbocycles. The largest absolute Gasteiger partial charge is 0.306 e. The highest BCUT2D eigenvalue weighted by atomic mass is 15.1. The lowest BCUT2D eigenvalue weighted by Crippen LogP contribution is -2.49. The summed E-state index contributed by atoms with van der Waals surface area (Å²) in [5.74, 6) is 0.766. The molecule has 1 nitrogen and oxygen atoms in total. The average Bonchev–Trinajstić information content (AvgIpc) is 2.06. The van der Waals surface area contributed by atoms with Crippen molar-refractivity contribution in [2.24, 2.45) is 11.3 Å². The molecule has 1 saturated carbocycles. The molecule has 1 aliphatic heterocycles. The highest BCUT2D eigenvalue weighted by Gasteiger charge is 2.59. The average molecular weight is 149 g/mol. The molecule has 2 radical (unpaired) electrons. The van der Waals surface area contributed by atoms with Crippen molar-refractivity contribution >= 4 is 7.85 Å². The number of hydrogen-bond acceptors (Lipinski definition) is 1. The second kappa shape index (κ2) is 1.85. The summed E-state index contributed by atoms with van der Waals surface area (Å²) in [4.78, 5) is 2.36. The normalized spacial score (nSPS) is 48.5. The van der Waals surface area contributed by atoms with Crippen molar-refractivity contribution in [3.63, 3.8) is 0 Å². The first-order valence-electron chi connectivity index (χ1n) is 4.43. The van der Waals surface area contributed by atoms with Gasteiger partial charge in [-0.15, -0.1) is 0 Å². The number of nitrogens with zero attached hydrogens (tertiary/aromatic N) is 1. The molecule has 0 bridgehead atoms. The molecule has 60 valence electrons. The standard InChI is InChI=1S/C9H16BN/c1-8(2)4-7-5-11(3)6-9(7,8)10/h7H,4-6H2,1-3H3. The molecule has 11 heavy (non-hydrogen) atoms. The molecule has 2 fully saturated rings. The Morgan fingerprint density at radius 3 is 2.45 bits per heavy atom. The molecule has 0 aromatic heterocycles. The lowest BCUT2D eigenvalue weighted by Gasteiger charge is -2.57.